The van der Waals surface area contributed by atoms with Gasteiger partial charge in [-0.2, -0.15) is 0 Å². The molecule has 0 unspecified atom stereocenters. The summed E-state index contributed by atoms with van der Waals surface area (Å²) in [5, 5.41) is 2.82. The highest BCUT2D eigenvalue weighted by molar-refractivity contribution is 5.77. The van der Waals surface area contributed by atoms with E-state index in [9.17, 15) is 4.79 Å². The van der Waals surface area contributed by atoms with Crippen LogP contribution >= 0.6 is 0 Å². The number of carbonyl (C=O) groups is 1. The Hall–Kier alpha value is -3.09. The lowest BCUT2D eigenvalue weighted by molar-refractivity contribution is -0.123. The summed E-state index contributed by atoms with van der Waals surface area (Å²) in [4.78, 5) is 12.0. The molecular formula is C20H25NO6. The number of carbonyl (C=O) groups excluding carboxylic acids is 1. The van der Waals surface area contributed by atoms with Crippen LogP contribution in [0.5, 0.6) is 28.7 Å². The van der Waals surface area contributed by atoms with Crippen LogP contribution in [0, 0.1) is 0 Å². The van der Waals surface area contributed by atoms with Crippen LogP contribution in [0.1, 0.15) is 5.56 Å². The number of nitrogens with one attached hydrogen (secondary N) is 1. The fraction of sp³-hybridized carbons (Fsp3) is 0.350. The van der Waals surface area contributed by atoms with Crippen molar-refractivity contribution in [3.63, 3.8) is 0 Å². The summed E-state index contributed by atoms with van der Waals surface area (Å²) >= 11 is 0. The maximum Gasteiger partial charge on any atom is 0.257 e. The summed E-state index contributed by atoms with van der Waals surface area (Å²) in [5.41, 5.74) is 0.875. The molecule has 0 bridgehead atoms. The van der Waals surface area contributed by atoms with Gasteiger partial charge in [0.2, 0.25) is 0 Å². The Bertz CT molecular complexity index is 762. The van der Waals surface area contributed by atoms with Gasteiger partial charge in [0.15, 0.2) is 29.6 Å². The van der Waals surface area contributed by atoms with Gasteiger partial charge in [-0.3, -0.25) is 4.79 Å². The first-order valence-electron chi connectivity index (χ1n) is 8.44. The number of amides is 1. The van der Waals surface area contributed by atoms with Crippen LogP contribution in [0.25, 0.3) is 0 Å². The molecule has 0 spiro atoms. The summed E-state index contributed by atoms with van der Waals surface area (Å²) < 4.78 is 26.7. The van der Waals surface area contributed by atoms with Gasteiger partial charge in [0.25, 0.3) is 5.91 Å². The third-order valence-corrected chi connectivity index (χ3v) is 3.91. The molecule has 7 nitrogen and oxygen atoms in total. The summed E-state index contributed by atoms with van der Waals surface area (Å²) in [6.07, 6.45) is 0.553. The Morgan fingerprint density at radius 3 is 2.22 bits per heavy atom. The first kappa shape index (κ1) is 20.2. The van der Waals surface area contributed by atoms with Crippen molar-refractivity contribution in [2.45, 2.75) is 6.42 Å². The normalized spacial score (nSPS) is 10.1. The van der Waals surface area contributed by atoms with Crippen LogP contribution in [0.2, 0.25) is 0 Å². The van der Waals surface area contributed by atoms with E-state index in [1.165, 1.54) is 0 Å². The molecule has 0 radical (unpaired) electrons. The Morgan fingerprint density at radius 2 is 1.59 bits per heavy atom. The first-order valence-corrected chi connectivity index (χ1v) is 8.44. The van der Waals surface area contributed by atoms with Gasteiger partial charge >= 0.3 is 0 Å². The monoisotopic (exact) mass is 375 g/mol. The maximum atomic E-state index is 12.0. The second kappa shape index (κ2) is 10.2. The average molecular weight is 375 g/mol. The number of benzene rings is 2. The first-order chi connectivity index (χ1) is 13.1. The van der Waals surface area contributed by atoms with Gasteiger partial charge in [0, 0.05) is 18.2 Å². The van der Waals surface area contributed by atoms with Crippen molar-refractivity contribution in [3.05, 3.63) is 42.0 Å². The highest BCUT2D eigenvalue weighted by Gasteiger charge is 2.13. The molecule has 1 N–H and O–H groups in total. The highest BCUT2D eigenvalue weighted by Crippen LogP contribution is 2.35. The van der Waals surface area contributed by atoms with Crippen LogP contribution < -0.4 is 29.0 Å². The highest BCUT2D eigenvalue weighted by atomic mass is 16.5. The molecule has 0 saturated heterocycles. The number of hydrogen-bond acceptors (Lipinski definition) is 6. The lowest BCUT2D eigenvalue weighted by atomic mass is 10.1. The molecule has 1 amide bonds. The Labute approximate surface area is 159 Å². The predicted octanol–water partition coefficient (Wildman–Crippen LogP) is 2.46. The van der Waals surface area contributed by atoms with Gasteiger partial charge in [0.05, 0.1) is 28.4 Å². The summed E-state index contributed by atoms with van der Waals surface area (Å²) in [5.74, 6) is 2.74. The van der Waals surface area contributed by atoms with Crippen LogP contribution in [0.4, 0.5) is 0 Å². The Morgan fingerprint density at radius 1 is 0.889 bits per heavy atom. The zero-order chi connectivity index (χ0) is 19.6. The van der Waals surface area contributed by atoms with Gasteiger partial charge in [-0.1, -0.05) is 12.1 Å². The number of methoxy groups -OCH3 is 4. The van der Waals surface area contributed by atoms with E-state index in [1.54, 1.807) is 46.6 Å². The zero-order valence-electron chi connectivity index (χ0n) is 16.0. The smallest absolute Gasteiger partial charge is 0.257 e. The third kappa shape index (κ3) is 5.44. The van der Waals surface area contributed by atoms with Crippen LogP contribution in [0.3, 0.4) is 0 Å². The zero-order valence-corrected chi connectivity index (χ0v) is 16.0. The van der Waals surface area contributed by atoms with E-state index in [4.69, 9.17) is 23.7 Å². The van der Waals surface area contributed by atoms with E-state index in [-0.39, 0.29) is 12.5 Å². The third-order valence-electron chi connectivity index (χ3n) is 3.91. The minimum absolute atomic E-state index is 0.0983. The number of ether oxygens (including phenoxy) is 5. The van der Waals surface area contributed by atoms with Gasteiger partial charge in [-0.15, -0.1) is 0 Å². The molecule has 7 heteroatoms. The predicted molar refractivity (Wildman–Crippen MR) is 101 cm³/mol. The summed E-state index contributed by atoms with van der Waals surface area (Å²) in [6.45, 7) is 0.319. The fourth-order valence-corrected chi connectivity index (χ4v) is 2.59. The lowest BCUT2D eigenvalue weighted by Crippen LogP contribution is -2.30. The van der Waals surface area contributed by atoms with Crippen molar-refractivity contribution in [2.24, 2.45) is 0 Å². The molecule has 2 aromatic rings. The fourth-order valence-electron chi connectivity index (χ4n) is 2.59. The van der Waals surface area contributed by atoms with Crippen LogP contribution in [-0.2, 0) is 11.2 Å². The average Bonchev–Trinajstić information content (AvgIpc) is 2.71. The quantitative estimate of drug-likeness (QED) is 0.688. The Balaban J connectivity index is 1.91. The van der Waals surface area contributed by atoms with Crippen molar-refractivity contribution in [2.75, 3.05) is 41.6 Å². The molecule has 0 heterocycles. The Kier molecular flexibility index (Phi) is 7.61. The maximum absolute atomic E-state index is 12.0. The van der Waals surface area contributed by atoms with Crippen molar-refractivity contribution < 1.29 is 28.5 Å². The van der Waals surface area contributed by atoms with Crippen LogP contribution in [-0.4, -0.2) is 47.5 Å². The van der Waals surface area contributed by atoms with Crippen molar-refractivity contribution >= 4 is 5.91 Å². The van der Waals surface area contributed by atoms with Gasteiger partial charge < -0.3 is 29.0 Å². The second-order valence-electron chi connectivity index (χ2n) is 5.56. The minimum Gasteiger partial charge on any atom is -0.497 e. The van der Waals surface area contributed by atoms with Crippen molar-refractivity contribution in [3.8, 4) is 28.7 Å². The summed E-state index contributed by atoms with van der Waals surface area (Å²) in [7, 11) is 6.28. The molecule has 0 aliphatic carbocycles. The number of para-hydroxylation sites is 2. The second-order valence-corrected chi connectivity index (χ2v) is 5.56. The SMILES string of the molecule is COc1cc(CCNC(=O)COc2ccccc2OC)c(OC)c(OC)c1. The number of rotatable bonds is 10. The van der Waals surface area contributed by atoms with Gasteiger partial charge in [-0.25, -0.2) is 0 Å². The van der Waals surface area contributed by atoms with E-state index >= 15 is 0 Å². The molecule has 27 heavy (non-hydrogen) atoms. The van der Waals surface area contributed by atoms with E-state index < -0.39 is 0 Å². The van der Waals surface area contributed by atoms with Crippen molar-refractivity contribution in [1.82, 2.24) is 5.32 Å². The molecule has 146 valence electrons. The molecule has 0 aliphatic rings. The lowest BCUT2D eigenvalue weighted by Gasteiger charge is -2.15. The number of hydrogen-bond donors (Lipinski definition) is 1. The van der Waals surface area contributed by atoms with E-state index in [0.717, 1.165) is 5.56 Å². The molecule has 0 saturated carbocycles. The topological polar surface area (TPSA) is 75.3 Å². The molecule has 0 atom stereocenters. The van der Waals surface area contributed by atoms with Gasteiger partial charge in [-0.05, 0) is 24.6 Å². The van der Waals surface area contributed by atoms with E-state index in [2.05, 4.69) is 5.32 Å². The largest absolute Gasteiger partial charge is 0.497 e. The molecule has 2 aromatic carbocycles. The van der Waals surface area contributed by atoms with Gasteiger partial charge in [0.1, 0.15) is 5.75 Å². The minimum atomic E-state index is -0.227. The van der Waals surface area contributed by atoms with Crippen molar-refractivity contribution in [1.29, 1.82) is 0 Å². The summed E-state index contributed by atoms with van der Waals surface area (Å²) in [6, 6.07) is 10.8. The van der Waals surface area contributed by atoms with E-state index in [0.29, 0.717) is 41.7 Å². The van der Waals surface area contributed by atoms with E-state index in [1.807, 2.05) is 18.2 Å². The molecule has 0 fully saturated rings. The standard InChI is InChI=1S/C20H25NO6/c1-23-15-11-14(20(26-4)18(12-15)25-3)9-10-21-19(22)13-27-17-8-6-5-7-16(17)24-2/h5-8,11-12H,9-10,13H2,1-4H3,(H,21,22). The van der Waals surface area contributed by atoms with Crippen LogP contribution in [0.15, 0.2) is 36.4 Å². The molecule has 0 aliphatic heterocycles. The molecule has 0 aromatic heterocycles. The molecule has 2 rings (SSSR count). The molecular weight excluding hydrogens is 350 g/mol.